The smallest absolute Gasteiger partial charge is 0.251 e. The Hall–Kier alpha value is -2.77. The van der Waals surface area contributed by atoms with Crippen molar-refractivity contribution in [1.82, 2.24) is 9.97 Å². The molecular weight excluding hydrogens is 284 g/mol. The lowest BCUT2D eigenvalue weighted by atomic mass is 10.3. The van der Waals surface area contributed by atoms with Gasteiger partial charge in [0.2, 0.25) is 15.9 Å². The molecule has 2 aromatic rings. The number of aromatic nitrogens is 2. The number of hydrogen-bond donors (Lipinski definition) is 3. The second kappa shape index (κ2) is 5.08. The minimum absolute atomic E-state index is 0.0427. The summed E-state index contributed by atoms with van der Waals surface area (Å²) in [6.45, 7) is 0. The lowest BCUT2D eigenvalue weighted by Crippen LogP contribution is -2.11. The summed E-state index contributed by atoms with van der Waals surface area (Å²) in [5, 5.41) is 30.2. The molecule has 0 aliphatic carbocycles. The molecule has 10 heteroatoms. The predicted octanol–water partition coefficient (Wildman–Crippen LogP) is 1.05. The summed E-state index contributed by atoms with van der Waals surface area (Å²) in [6.07, 6.45) is 0. The highest BCUT2D eigenvalue weighted by Crippen LogP contribution is 2.21. The first-order valence-electron chi connectivity index (χ1n) is 5.14. The molecule has 20 heavy (non-hydrogen) atoms. The van der Waals surface area contributed by atoms with Crippen molar-refractivity contribution >= 4 is 21.7 Å². The third-order valence-corrected chi connectivity index (χ3v) is 3.14. The van der Waals surface area contributed by atoms with E-state index in [4.69, 9.17) is 10.4 Å². The van der Waals surface area contributed by atoms with Crippen LogP contribution in [0.25, 0.3) is 0 Å². The van der Waals surface area contributed by atoms with Crippen molar-refractivity contribution < 1.29 is 13.5 Å². The molecule has 1 aromatic carbocycles. The maximum atomic E-state index is 11.0. The van der Waals surface area contributed by atoms with Crippen molar-refractivity contribution in [2.75, 3.05) is 0 Å². The first kappa shape index (κ1) is 13.7. The molecule has 0 saturated carbocycles. The van der Waals surface area contributed by atoms with Crippen LogP contribution in [-0.2, 0) is 10.0 Å². The van der Waals surface area contributed by atoms with Gasteiger partial charge in [-0.15, -0.1) is 10.2 Å². The van der Waals surface area contributed by atoms with Gasteiger partial charge in [0, 0.05) is 0 Å². The fourth-order valence-electron chi connectivity index (χ4n) is 1.28. The molecule has 4 N–H and O–H groups in total. The highest BCUT2D eigenvalue weighted by atomic mass is 32.2. The van der Waals surface area contributed by atoms with Crippen LogP contribution in [0.15, 0.2) is 39.4 Å². The fourth-order valence-corrected chi connectivity index (χ4v) is 1.80. The van der Waals surface area contributed by atoms with Crippen molar-refractivity contribution in [2.45, 2.75) is 4.90 Å². The number of sulfonamides is 1. The maximum Gasteiger partial charge on any atom is 0.251 e. The average molecular weight is 292 g/mol. The molecule has 1 heterocycles. The standard InChI is InChI=1S/C10H8N6O3S/c11-5-8-9(17)14-10(13-8)16-15-6-1-3-7(4-2-6)20(12,18)19/h1-4,17H,(H,13,14)(H2,12,18,19). The number of azo groups is 1. The third kappa shape index (κ3) is 2.97. The number of aromatic hydroxyl groups is 1. The van der Waals surface area contributed by atoms with Crippen LogP contribution in [-0.4, -0.2) is 23.5 Å². The monoisotopic (exact) mass is 292 g/mol. The summed E-state index contributed by atoms with van der Waals surface area (Å²) in [4.78, 5) is 5.95. The van der Waals surface area contributed by atoms with Crippen LogP contribution in [0.3, 0.4) is 0 Å². The van der Waals surface area contributed by atoms with Gasteiger partial charge in [-0.2, -0.15) is 10.2 Å². The van der Waals surface area contributed by atoms with Gasteiger partial charge in [-0.25, -0.2) is 13.6 Å². The number of primary sulfonamides is 1. The Labute approximate surface area is 113 Å². The summed E-state index contributed by atoms with van der Waals surface area (Å²) >= 11 is 0. The number of nitrogens with two attached hydrogens (primary N) is 1. The molecule has 0 aliphatic heterocycles. The zero-order valence-corrected chi connectivity index (χ0v) is 10.7. The summed E-state index contributed by atoms with van der Waals surface area (Å²) in [5.74, 6) is -0.513. The van der Waals surface area contributed by atoms with E-state index in [9.17, 15) is 13.5 Å². The molecule has 0 amide bonds. The van der Waals surface area contributed by atoms with Crippen molar-refractivity contribution in [1.29, 1.82) is 5.26 Å². The zero-order valence-electron chi connectivity index (χ0n) is 9.85. The average Bonchev–Trinajstić information content (AvgIpc) is 2.76. The molecule has 0 saturated heterocycles. The Bertz CT molecular complexity index is 801. The maximum absolute atomic E-state index is 11.0. The first-order chi connectivity index (χ1) is 9.40. The van der Waals surface area contributed by atoms with E-state index in [1.807, 2.05) is 0 Å². The third-order valence-electron chi connectivity index (χ3n) is 2.21. The second-order valence-electron chi connectivity index (χ2n) is 3.61. The Balaban J connectivity index is 2.21. The van der Waals surface area contributed by atoms with Crippen molar-refractivity contribution in [3.05, 3.63) is 30.0 Å². The van der Waals surface area contributed by atoms with Gasteiger partial charge in [-0.3, -0.25) is 0 Å². The van der Waals surface area contributed by atoms with E-state index in [-0.39, 0.29) is 16.5 Å². The van der Waals surface area contributed by atoms with Crippen LogP contribution in [0.1, 0.15) is 5.69 Å². The second-order valence-corrected chi connectivity index (χ2v) is 5.17. The topological polar surface area (TPSA) is 158 Å². The van der Waals surface area contributed by atoms with E-state index >= 15 is 0 Å². The van der Waals surface area contributed by atoms with Crippen LogP contribution in [0, 0.1) is 11.3 Å². The minimum Gasteiger partial charge on any atom is -0.491 e. The van der Waals surface area contributed by atoms with E-state index in [1.54, 1.807) is 6.07 Å². The highest BCUT2D eigenvalue weighted by Gasteiger charge is 2.08. The summed E-state index contributed by atoms with van der Waals surface area (Å²) in [5.41, 5.74) is 0.232. The van der Waals surface area contributed by atoms with Crippen LogP contribution in [0.4, 0.5) is 11.6 Å². The largest absolute Gasteiger partial charge is 0.491 e. The molecule has 0 atom stereocenters. The lowest BCUT2D eigenvalue weighted by Gasteiger charge is -1.97. The van der Waals surface area contributed by atoms with Gasteiger partial charge in [-0.1, -0.05) is 0 Å². The zero-order chi connectivity index (χ0) is 14.8. The van der Waals surface area contributed by atoms with Gasteiger partial charge < -0.3 is 10.1 Å². The number of benzene rings is 1. The van der Waals surface area contributed by atoms with Gasteiger partial charge in [0.05, 0.1) is 10.6 Å². The summed E-state index contributed by atoms with van der Waals surface area (Å²) < 4.78 is 22.1. The van der Waals surface area contributed by atoms with Gasteiger partial charge in [0.1, 0.15) is 6.07 Å². The molecule has 0 bridgehead atoms. The fraction of sp³-hybridized carbons (Fsp3) is 0. The Kier molecular flexibility index (Phi) is 3.47. The van der Waals surface area contributed by atoms with Crippen LogP contribution < -0.4 is 5.14 Å². The minimum atomic E-state index is -3.75. The Morgan fingerprint density at radius 2 is 1.95 bits per heavy atom. The first-order valence-corrected chi connectivity index (χ1v) is 6.68. The number of nitrogens with one attached hydrogen (secondary N) is 1. The molecular formula is C10H8N6O3S. The molecule has 9 nitrogen and oxygen atoms in total. The van der Waals surface area contributed by atoms with Crippen LogP contribution in [0.5, 0.6) is 5.88 Å². The number of nitriles is 1. The number of nitrogens with zero attached hydrogens (tertiary/aromatic N) is 4. The van der Waals surface area contributed by atoms with Gasteiger partial charge in [0.25, 0.3) is 5.95 Å². The Morgan fingerprint density at radius 3 is 2.45 bits per heavy atom. The van der Waals surface area contributed by atoms with Crippen LogP contribution >= 0.6 is 0 Å². The molecule has 1 aromatic heterocycles. The quantitative estimate of drug-likeness (QED) is 0.720. The van der Waals surface area contributed by atoms with Gasteiger partial charge in [-0.05, 0) is 24.3 Å². The summed E-state index contributed by atoms with van der Waals surface area (Å²) in [7, 11) is -3.75. The number of hydrogen-bond acceptors (Lipinski definition) is 7. The van der Waals surface area contributed by atoms with Crippen molar-refractivity contribution in [2.24, 2.45) is 15.4 Å². The normalized spacial score (nSPS) is 11.6. The van der Waals surface area contributed by atoms with Crippen molar-refractivity contribution in [3.8, 4) is 11.9 Å². The summed E-state index contributed by atoms with van der Waals surface area (Å²) in [6, 6.07) is 7.05. The van der Waals surface area contributed by atoms with Crippen LogP contribution in [0.2, 0.25) is 0 Å². The van der Waals surface area contributed by atoms with E-state index in [0.29, 0.717) is 5.69 Å². The number of H-pyrrole nitrogens is 1. The highest BCUT2D eigenvalue weighted by molar-refractivity contribution is 7.89. The Morgan fingerprint density at radius 1 is 1.30 bits per heavy atom. The molecule has 0 radical (unpaired) electrons. The molecule has 0 unspecified atom stereocenters. The molecule has 0 fully saturated rings. The number of rotatable bonds is 3. The molecule has 0 spiro atoms. The molecule has 102 valence electrons. The SMILES string of the molecule is N#Cc1[nH]c(N=Nc2ccc(S(N)(=O)=O)cc2)nc1O. The van der Waals surface area contributed by atoms with E-state index in [1.165, 1.54) is 24.3 Å². The van der Waals surface area contributed by atoms with E-state index in [2.05, 4.69) is 20.2 Å². The van der Waals surface area contributed by atoms with Crippen molar-refractivity contribution in [3.63, 3.8) is 0 Å². The number of aromatic amines is 1. The van der Waals surface area contributed by atoms with Gasteiger partial charge >= 0.3 is 0 Å². The molecule has 0 aliphatic rings. The lowest BCUT2D eigenvalue weighted by molar-refractivity contribution is 0.455. The number of imidazole rings is 1. The predicted molar refractivity (Wildman–Crippen MR) is 67.0 cm³/mol. The molecule has 2 rings (SSSR count). The van der Waals surface area contributed by atoms with E-state index < -0.39 is 15.9 Å². The van der Waals surface area contributed by atoms with E-state index in [0.717, 1.165) is 0 Å². The van der Waals surface area contributed by atoms with Gasteiger partial charge in [0.15, 0.2) is 5.69 Å².